The van der Waals surface area contributed by atoms with Crippen LogP contribution in [0.15, 0.2) is 107 Å². The number of carbonyl (C=O) groups is 1. The molecule has 0 saturated carbocycles. The van der Waals surface area contributed by atoms with E-state index >= 15 is 0 Å². The number of sulfone groups is 1. The van der Waals surface area contributed by atoms with Crippen molar-refractivity contribution >= 4 is 27.4 Å². The average molecular weight is 588 g/mol. The number of hydrogen-bond acceptors (Lipinski definition) is 7. The Morgan fingerprint density at radius 3 is 2.25 bits per heavy atom. The van der Waals surface area contributed by atoms with E-state index in [4.69, 9.17) is 16.3 Å². The molecule has 0 spiro atoms. The fourth-order valence-corrected chi connectivity index (χ4v) is 5.53. The van der Waals surface area contributed by atoms with Crippen molar-refractivity contribution in [2.45, 2.75) is 35.3 Å². The Morgan fingerprint density at radius 2 is 1.57 bits per heavy atom. The topological polar surface area (TPSA) is 116 Å². The summed E-state index contributed by atoms with van der Waals surface area (Å²) in [7, 11) is -3.82. The summed E-state index contributed by atoms with van der Waals surface area (Å²) in [5.74, 6) is -0.831. The molecule has 7 nitrogen and oxygen atoms in total. The molecule has 0 heterocycles. The molecule has 40 heavy (non-hydrogen) atoms. The Balaban J connectivity index is 0.00000441. The van der Waals surface area contributed by atoms with Gasteiger partial charge in [0.25, 0.3) is 0 Å². The monoisotopic (exact) mass is 587 g/mol. The van der Waals surface area contributed by atoms with Crippen molar-refractivity contribution < 1.29 is 57.7 Å². The van der Waals surface area contributed by atoms with Crippen LogP contribution in [-0.4, -0.2) is 32.1 Å². The summed E-state index contributed by atoms with van der Waals surface area (Å²) in [6.45, 7) is 2.34. The molecule has 2 N–H and O–H groups in total. The maximum absolute atomic E-state index is 13.3. The minimum absolute atomic E-state index is 0. The number of carboxylic acid groups (broad SMARTS) is 1. The molecule has 4 aromatic carbocycles. The Hall–Kier alpha value is -2.69. The average Bonchev–Trinajstić information content (AvgIpc) is 2.92. The Bertz CT molecular complexity index is 1560. The molecule has 10 heteroatoms. The zero-order valence-electron chi connectivity index (χ0n) is 22.1. The van der Waals surface area contributed by atoms with Crippen LogP contribution in [0.3, 0.4) is 0 Å². The van der Waals surface area contributed by atoms with Gasteiger partial charge in [0, 0.05) is 23.2 Å². The summed E-state index contributed by atoms with van der Waals surface area (Å²) < 4.78 is 32.2. The first-order chi connectivity index (χ1) is 18.6. The van der Waals surface area contributed by atoms with E-state index in [0.29, 0.717) is 18.0 Å². The van der Waals surface area contributed by atoms with Gasteiger partial charge in [-0.3, -0.25) is 0 Å². The van der Waals surface area contributed by atoms with Gasteiger partial charge in [-0.2, -0.15) is 0 Å². The number of nitrogens with one attached hydrogen (secondary N) is 1. The first-order valence-corrected chi connectivity index (χ1v) is 14.1. The van der Waals surface area contributed by atoms with Crippen molar-refractivity contribution in [2.24, 2.45) is 0 Å². The van der Waals surface area contributed by atoms with Crippen molar-refractivity contribution in [3.8, 4) is 11.5 Å². The third-order valence-corrected chi connectivity index (χ3v) is 8.09. The number of aliphatic hydroxyl groups excluding tert-OH is 1. The van der Waals surface area contributed by atoms with E-state index in [2.05, 4.69) is 5.32 Å². The number of benzene rings is 4. The van der Waals surface area contributed by atoms with E-state index in [1.807, 2.05) is 13.0 Å². The first-order valence-electron chi connectivity index (χ1n) is 12.2. The van der Waals surface area contributed by atoms with E-state index in [-0.39, 0.29) is 62.5 Å². The number of ether oxygens (including phenoxy) is 1. The fourth-order valence-electron chi connectivity index (χ4n) is 4.04. The first kappa shape index (κ1) is 31.8. The summed E-state index contributed by atoms with van der Waals surface area (Å²) in [5, 5.41) is 25.4. The Kier molecular flexibility index (Phi) is 11.4. The number of carboxylic acids is 1. The molecular formula is C30H27ClNNaO6S. The normalized spacial score (nSPS) is 12.7. The van der Waals surface area contributed by atoms with Crippen LogP contribution in [0.2, 0.25) is 5.02 Å². The fraction of sp³-hybridized carbons (Fsp3) is 0.167. The number of halogens is 1. The van der Waals surface area contributed by atoms with Crippen LogP contribution in [0.25, 0.3) is 0 Å². The van der Waals surface area contributed by atoms with Gasteiger partial charge in [0.1, 0.15) is 11.5 Å². The van der Waals surface area contributed by atoms with Gasteiger partial charge in [-0.1, -0.05) is 54.1 Å². The summed E-state index contributed by atoms with van der Waals surface area (Å²) in [6.07, 6.45) is -0.0619. The molecule has 0 aliphatic heterocycles. The van der Waals surface area contributed by atoms with Crippen molar-refractivity contribution in [1.82, 2.24) is 5.32 Å². The summed E-state index contributed by atoms with van der Waals surface area (Å²) >= 11 is 6.00. The van der Waals surface area contributed by atoms with Gasteiger partial charge >= 0.3 is 29.6 Å². The van der Waals surface area contributed by atoms with Crippen molar-refractivity contribution in [2.75, 3.05) is 6.54 Å². The molecule has 4 rings (SSSR count). The second-order valence-corrected chi connectivity index (χ2v) is 11.5. The third kappa shape index (κ3) is 8.41. The molecule has 0 saturated heterocycles. The number of carbonyl (C=O) groups excluding carboxylic acids is 1. The van der Waals surface area contributed by atoms with Crippen LogP contribution in [0.5, 0.6) is 11.5 Å². The van der Waals surface area contributed by atoms with E-state index in [1.54, 1.807) is 60.7 Å². The number of aromatic carboxylic acids is 1. The molecule has 4 aromatic rings. The van der Waals surface area contributed by atoms with Gasteiger partial charge in [0.15, 0.2) is 0 Å². The second-order valence-electron chi connectivity index (χ2n) is 9.12. The summed E-state index contributed by atoms with van der Waals surface area (Å²) in [4.78, 5) is 11.3. The van der Waals surface area contributed by atoms with Gasteiger partial charge < -0.3 is 25.1 Å². The quantitative estimate of drug-likeness (QED) is 0.256. The van der Waals surface area contributed by atoms with E-state index in [1.165, 1.54) is 30.3 Å². The molecular weight excluding hydrogens is 561 g/mol. The van der Waals surface area contributed by atoms with Crippen molar-refractivity contribution in [3.05, 3.63) is 119 Å². The number of rotatable bonds is 11. The third-order valence-electron chi connectivity index (χ3n) is 6.09. The SMILES string of the molecule is C[C@H](Cc1ccc(S(=O)(=O)c2cccc(Oc3cccc(C(=O)[O-])c3)c2)cc1)NC[C@H](O)c1cccc(Cl)c1.[Na+]. The van der Waals surface area contributed by atoms with E-state index in [9.17, 15) is 23.4 Å². The second kappa shape index (κ2) is 14.3. The van der Waals surface area contributed by atoms with Gasteiger partial charge in [-0.15, -0.1) is 0 Å². The predicted molar refractivity (Wildman–Crippen MR) is 147 cm³/mol. The molecule has 0 radical (unpaired) electrons. The zero-order chi connectivity index (χ0) is 28.0. The summed E-state index contributed by atoms with van der Waals surface area (Å²) in [6, 6.07) is 25.6. The van der Waals surface area contributed by atoms with Crippen LogP contribution < -0.4 is 44.7 Å². The van der Waals surface area contributed by atoms with E-state index < -0.39 is 21.9 Å². The standard InChI is InChI=1S/C30H28ClNO6S.Na/c1-20(32-19-29(33)22-5-2-7-24(31)16-22)15-21-11-13-27(14-12-21)39(36,37)28-10-4-9-26(18-28)38-25-8-3-6-23(17-25)30(34)35;/h2-14,16-18,20,29,32-33H,15,19H2,1H3,(H,34,35);/q;+1/p-1/t20-,29+;/m1./s1. The van der Waals surface area contributed by atoms with Crippen LogP contribution in [0.4, 0.5) is 0 Å². The molecule has 2 atom stereocenters. The van der Waals surface area contributed by atoms with Gasteiger partial charge in [-0.05, 0) is 79.1 Å². The molecule has 0 aromatic heterocycles. The molecule has 0 aliphatic rings. The number of aliphatic hydroxyl groups is 1. The van der Waals surface area contributed by atoms with Gasteiger partial charge in [0.05, 0.1) is 21.9 Å². The molecule has 0 unspecified atom stereocenters. The maximum Gasteiger partial charge on any atom is 1.00 e. The summed E-state index contributed by atoms with van der Waals surface area (Å²) in [5.41, 5.74) is 1.63. The largest absolute Gasteiger partial charge is 1.00 e. The van der Waals surface area contributed by atoms with Crippen molar-refractivity contribution in [3.63, 3.8) is 0 Å². The van der Waals surface area contributed by atoms with Crippen molar-refractivity contribution in [1.29, 1.82) is 0 Å². The minimum atomic E-state index is -3.82. The Morgan fingerprint density at radius 1 is 0.925 bits per heavy atom. The number of hydrogen-bond donors (Lipinski definition) is 2. The Labute approximate surface area is 261 Å². The van der Waals surface area contributed by atoms with Crippen LogP contribution in [-0.2, 0) is 16.3 Å². The zero-order valence-corrected chi connectivity index (χ0v) is 25.7. The van der Waals surface area contributed by atoms with Gasteiger partial charge in [0.2, 0.25) is 9.84 Å². The predicted octanol–water partition coefficient (Wildman–Crippen LogP) is 1.59. The molecule has 0 aliphatic carbocycles. The molecule has 0 fully saturated rings. The molecule has 202 valence electrons. The maximum atomic E-state index is 13.3. The van der Waals surface area contributed by atoms with Crippen LogP contribution >= 0.6 is 11.6 Å². The van der Waals surface area contributed by atoms with Gasteiger partial charge in [-0.25, -0.2) is 8.42 Å². The molecule has 0 amide bonds. The molecule has 0 bridgehead atoms. The smallest absolute Gasteiger partial charge is 0.545 e. The van der Waals surface area contributed by atoms with Crippen LogP contribution in [0, 0.1) is 0 Å². The minimum Gasteiger partial charge on any atom is -0.545 e. The van der Waals surface area contributed by atoms with E-state index in [0.717, 1.165) is 11.1 Å². The van der Waals surface area contributed by atoms with Crippen LogP contribution in [0.1, 0.15) is 34.5 Å².